The second-order valence-corrected chi connectivity index (χ2v) is 5.76. The van der Waals surface area contributed by atoms with Crippen LogP contribution >= 0.6 is 22.9 Å². The van der Waals surface area contributed by atoms with Crippen LogP contribution in [0.5, 0.6) is 5.75 Å². The Kier molecular flexibility index (Phi) is 5.79. The number of aliphatic hydroxyl groups excluding tert-OH is 1. The first-order chi connectivity index (χ1) is 9.65. The number of halogens is 1. The Labute approximate surface area is 127 Å². The van der Waals surface area contributed by atoms with Crippen molar-refractivity contribution in [1.29, 1.82) is 0 Å². The number of aliphatic hydroxyl groups is 1. The molecule has 2 rings (SSSR count). The lowest BCUT2D eigenvalue weighted by Crippen LogP contribution is -2.31. The summed E-state index contributed by atoms with van der Waals surface area (Å²) in [4.78, 5) is 4.34. The third kappa shape index (κ3) is 4.76. The Bertz CT molecular complexity index is 547. The maximum absolute atomic E-state index is 9.84. The van der Waals surface area contributed by atoms with Gasteiger partial charge in [-0.1, -0.05) is 23.7 Å². The second-order valence-electron chi connectivity index (χ2n) is 4.41. The van der Waals surface area contributed by atoms with E-state index in [1.165, 1.54) is 0 Å². The summed E-state index contributed by atoms with van der Waals surface area (Å²) in [5, 5.41) is 16.6. The number of rotatable bonds is 7. The highest BCUT2D eigenvalue weighted by Gasteiger charge is 2.07. The van der Waals surface area contributed by atoms with Gasteiger partial charge in [0.2, 0.25) is 0 Å². The van der Waals surface area contributed by atoms with Crippen LogP contribution in [0.1, 0.15) is 10.7 Å². The molecule has 0 radical (unpaired) electrons. The second kappa shape index (κ2) is 7.59. The summed E-state index contributed by atoms with van der Waals surface area (Å²) < 4.78 is 5.47. The van der Waals surface area contributed by atoms with Gasteiger partial charge in [-0.25, -0.2) is 4.98 Å². The number of aromatic nitrogens is 1. The van der Waals surface area contributed by atoms with Gasteiger partial charge in [-0.05, 0) is 19.1 Å². The molecule has 2 N–H and O–H groups in total. The van der Waals surface area contributed by atoms with Gasteiger partial charge in [0.1, 0.15) is 23.5 Å². The minimum absolute atomic E-state index is 0.202. The van der Waals surface area contributed by atoms with Crippen molar-refractivity contribution in [3.63, 3.8) is 0 Å². The van der Waals surface area contributed by atoms with Gasteiger partial charge in [0.15, 0.2) is 0 Å². The fourth-order valence-electron chi connectivity index (χ4n) is 1.64. The van der Waals surface area contributed by atoms with Crippen molar-refractivity contribution in [2.24, 2.45) is 0 Å². The molecule has 4 nitrogen and oxygen atoms in total. The van der Waals surface area contributed by atoms with Gasteiger partial charge in [0.05, 0.1) is 5.02 Å². The van der Waals surface area contributed by atoms with E-state index in [4.69, 9.17) is 16.3 Å². The van der Waals surface area contributed by atoms with E-state index in [0.29, 0.717) is 23.9 Å². The molecule has 1 unspecified atom stereocenters. The van der Waals surface area contributed by atoms with E-state index in [1.807, 2.05) is 24.4 Å². The number of para-hydroxylation sites is 1. The summed E-state index contributed by atoms with van der Waals surface area (Å²) in [5.74, 6) is 0.587. The molecule has 2 aromatic rings. The van der Waals surface area contributed by atoms with E-state index in [-0.39, 0.29) is 6.61 Å². The average molecular weight is 313 g/mol. The molecule has 1 atom stereocenters. The normalized spacial score (nSPS) is 12.3. The first kappa shape index (κ1) is 15.3. The van der Waals surface area contributed by atoms with Crippen molar-refractivity contribution >= 4 is 22.9 Å². The van der Waals surface area contributed by atoms with Gasteiger partial charge in [-0.2, -0.15) is 0 Å². The molecule has 0 saturated heterocycles. The fraction of sp³-hybridized carbons (Fsp3) is 0.357. The Morgan fingerprint density at radius 2 is 2.25 bits per heavy atom. The van der Waals surface area contributed by atoms with Crippen LogP contribution < -0.4 is 10.1 Å². The van der Waals surface area contributed by atoms with Crippen molar-refractivity contribution in [2.75, 3.05) is 13.2 Å². The van der Waals surface area contributed by atoms with Crippen molar-refractivity contribution in [2.45, 2.75) is 19.6 Å². The highest BCUT2D eigenvalue weighted by molar-refractivity contribution is 7.09. The number of benzene rings is 1. The third-order valence-electron chi connectivity index (χ3n) is 2.59. The fourth-order valence-corrected chi connectivity index (χ4v) is 2.57. The van der Waals surface area contributed by atoms with E-state index >= 15 is 0 Å². The Morgan fingerprint density at radius 1 is 1.45 bits per heavy atom. The van der Waals surface area contributed by atoms with Crippen LogP contribution in [0.4, 0.5) is 0 Å². The van der Waals surface area contributed by atoms with Crippen LogP contribution in [0.15, 0.2) is 29.6 Å². The standard InChI is InChI=1S/C14H17ClN2O2S/c1-10-9-20-14(17-10)7-16-6-11(18)8-19-13-5-3-2-4-12(13)15/h2-5,9,11,16,18H,6-8H2,1H3. The highest BCUT2D eigenvalue weighted by atomic mass is 35.5. The van der Waals surface area contributed by atoms with Crippen molar-refractivity contribution in [1.82, 2.24) is 10.3 Å². The quantitative estimate of drug-likeness (QED) is 0.825. The predicted octanol–water partition coefficient (Wildman–Crippen LogP) is 2.63. The van der Waals surface area contributed by atoms with Crippen LogP contribution in [0.2, 0.25) is 5.02 Å². The van der Waals surface area contributed by atoms with Crippen molar-refractivity contribution in [3.8, 4) is 5.75 Å². The van der Waals surface area contributed by atoms with E-state index in [2.05, 4.69) is 10.3 Å². The number of hydrogen-bond donors (Lipinski definition) is 2. The zero-order valence-corrected chi connectivity index (χ0v) is 12.7. The zero-order valence-electron chi connectivity index (χ0n) is 11.2. The van der Waals surface area contributed by atoms with Crippen LogP contribution in [0.3, 0.4) is 0 Å². The smallest absolute Gasteiger partial charge is 0.138 e. The van der Waals surface area contributed by atoms with Gasteiger partial charge < -0.3 is 15.2 Å². The van der Waals surface area contributed by atoms with Gasteiger partial charge in [0.25, 0.3) is 0 Å². The Balaban J connectivity index is 1.68. The van der Waals surface area contributed by atoms with Crippen LogP contribution in [0.25, 0.3) is 0 Å². The van der Waals surface area contributed by atoms with E-state index in [1.54, 1.807) is 23.5 Å². The number of ether oxygens (including phenoxy) is 1. The highest BCUT2D eigenvalue weighted by Crippen LogP contribution is 2.23. The summed E-state index contributed by atoms with van der Waals surface area (Å²) in [7, 11) is 0. The van der Waals surface area contributed by atoms with Gasteiger partial charge in [-0.3, -0.25) is 0 Å². The summed E-state index contributed by atoms with van der Waals surface area (Å²) >= 11 is 7.57. The Morgan fingerprint density at radius 3 is 2.95 bits per heavy atom. The van der Waals surface area contributed by atoms with Crippen LogP contribution in [0, 0.1) is 6.92 Å². The average Bonchev–Trinajstić information content (AvgIpc) is 2.83. The number of thiazole rings is 1. The van der Waals surface area contributed by atoms with E-state index in [9.17, 15) is 5.11 Å². The topological polar surface area (TPSA) is 54.4 Å². The summed E-state index contributed by atoms with van der Waals surface area (Å²) in [5.41, 5.74) is 1.02. The van der Waals surface area contributed by atoms with Crippen LogP contribution in [-0.4, -0.2) is 29.3 Å². The molecular formula is C14H17ClN2O2S. The van der Waals surface area contributed by atoms with E-state index < -0.39 is 6.10 Å². The molecule has 1 aromatic carbocycles. The molecule has 0 amide bonds. The maximum atomic E-state index is 9.84. The molecule has 0 saturated carbocycles. The summed E-state index contributed by atoms with van der Waals surface area (Å²) in [6.45, 7) is 3.27. The lowest BCUT2D eigenvalue weighted by Gasteiger charge is -2.13. The number of nitrogens with zero attached hydrogens (tertiary/aromatic N) is 1. The molecule has 108 valence electrons. The number of nitrogens with one attached hydrogen (secondary N) is 1. The largest absolute Gasteiger partial charge is 0.489 e. The zero-order chi connectivity index (χ0) is 14.4. The maximum Gasteiger partial charge on any atom is 0.138 e. The lowest BCUT2D eigenvalue weighted by atomic mass is 10.3. The molecule has 0 aliphatic carbocycles. The SMILES string of the molecule is Cc1csc(CNCC(O)COc2ccccc2Cl)n1. The molecule has 0 spiro atoms. The molecular weight excluding hydrogens is 296 g/mol. The first-order valence-electron chi connectivity index (χ1n) is 6.32. The minimum atomic E-state index is -0.590. The molecule has 6 heteroatoms. The molecule has 0 bridgehead atoms. The molecule has 0 aliphatic heterocycles. The number of hydrogen-bond acceptors (Lipinski definition) is 5. The van der Waals surface area contributed by atoms with Crippen molar-refractivity contribution < 1.29 is 9.84 Å². The lowest BCUT2D eigenvalue weighted by molar-refractivity contribution is 0.106. The monoisotopic (exact) mass is 312 g/mol. The number of aryl methyl sites for hydroxylation is 1. The minimum Gasteiger partial charge on any atom is -0.489 e. The van der Waals surface area contributed by atoms with E-state index in [0.717, 1.165) is 10.7 Å². The van der Waals surface area contributed by atoms with Gasteiger partial charge in [0, 0.05) is 24.2 Å². The molecule has 0 fully saturated rings. The van der Waals surface area contributed by atoms with Gasteiger partial charge >= 0.3 is 0 Å². The predicted molar refractivity (Wildman–Crippen MR) is 81.5 cm³/mol. The summed E-state index contributed by atoms with van der Waals surface area (Å²) in [6.07, 6.45) is -0.590. The van der Waals surface area contributed by atoms with Crippen molar-refractivity contribution in [3.05, 3.63) is 45.4 Å². The summed E-state index contributed by atoms with van der Waals surface area (Å²) in [6, 6.07) is 7.22. The molecule has 1 aromatic heterocycles. The van der Waals surface area contributed by atoms with Gasteiger partial charge in [-0.15, -0.1) is 11.3 Å². The molecule has 0 aliphatic rings. The molecule has 1 heterocycles. The van der Waals surface area contributed by atoms with Crippen LogP contribution in [-0.2, 0) is 6.54 Å². The first-order valence-corrected chi connectivity index (χ1v) is 7.58. The Hall–Kier alpha value is -1.14. The third-order valence-corrected chi connectivity index (χ3v) is 3.87. The molecule has 20 heavy (non-hydrogen) atoms.